The topological polar surface area (TPSA) is 127 Å². The number of nitrogens with one attached hydrogen (secondary N) is 2. The summed E-state index contributed by atoms with van der Waals surface area (Å²) in [6.07, 6.45) is 2.45. The second-order valence-electron chi connectivity index (χ2n) is 9.72. The van der Waals surface area contributed by atoms with Gasteiger partial charge < -0.3 is 25.5 Å². The van der Waals surface area contributed by atoms with Crippen LogP contribution >= 0.6 is 22.9 Å². The molecule has 2 aromatic heterocycles. The van der Waals surface area contributed by atoms with Crippen molar-refractivity contribution in [3.63, 3.8) is 0 Å². The normalized spacial score (nSPS) is 16.8. The Morgan fingerprint density at radius 3 is 2.51 bits per heavy atom. The highest BCUT2D eigenvalue weighted by Gasteiger charge is 2.29. The van der Waals surface area contributed by atoms with Crippen LogP contribution in [-0.4, -0.2) is 87.2 Å². The Kier molecular flexibility index (Phi) is 8.15. The van der Waals surface area contributed by atoms with Gasteiger partial charge in [0.1, 0.15) is 22.3 Å². The molecule has 39 heavy (non-hydrogen) atoms. The van der Waals surface area contributed by atoms with Gasteiger partial charge in [-0.3, -0.25) is 9.69 Å². The number of carbonyl (C=O) groups excluding carboxylic acids is 1. The molecule has 0 atom stereocenters. The van der Waals surface area contributed by atoms with Gasteiger partial charge in [-0.25, -0.2) is 19.7 Å². The van der Waals surface area contributed by atoms with Gasteiger partial charge in [-0.1, -0.05) is 35.1 Å². The minimum Gasteiger partial charge on any atom is -0.465 e. The van der Waals surface area contributed by atoms with Crippen LogP contribution in [0.3, 0.4) is 0 Å². The summed E-state index contributed by atoms with van der Waals surface area (Å²) in [5, 5.41) is 16.3. The van der Waals surface area contributed by atoms with Crippen LogP contribution < -0.4 is 15.5 Å². The van der Waals surface area contributed by atoms with Gasteiger partial charge in [0.05, 0.1) is 16.9 Å². The quantitative estimate of drug-likeness (QED) is 0.393. The van der Waals surface area contributed by atoms with Crippen molar-refractivity contribution in [2.24, 2.45) is 0 Å². The van der Waals surface area contributed by atoms with Crippen LogP contribution in [0.15, 0.2) is 30.5 Å². The van der Waals surface area contributed by atoms with E-state index in [0.717, 1.165) is 50.4 Å². The summed E-state index contributed by atoms with van der Waals surface area (Å²) < 4.78 is 0. The molecule has 0 bridgehead atoms. The SMILES string of the molecule is Cc1nc(Nc2ncc(C(=O)Nc3c(C)cccc3Cl)s2)cc(N2CCN(C3CCN(C(=O)O)CC3)CC2)n1. The van der Waals surface area contributed by atoms with Gasteiger partial charge in [-0.2, -0.15) is 0 Å². The van der Waals surface area contributed by atoms with Gasteiger partial charge in [0.2, 0.25) is 0 Å². The second kappa shape index (κ2) is 11.7. The van der Waals surface area contributed by atoms with Crippen molar-refractivity contribution in [2.75, 3.05) is 54.8 Å². The Hall–Kier alpha value is -3.48. The minimum absolute atomic E-state index is 0.275. The molecular formula is C26H31ClN8O3S. The van der Waals surface area contributed by atoms with Gasteiger partial charge in [0, 0.05) is 51.4 Å². The van der Waals surface area contributed by atoms with Crippen LogP contribution in [0.5, 0.6) is 0 Å². The summed E-state index contributed by atoms with van der Waals surface area (Å²) in [7, 11) is 0. The predicted octanol–water partition coefficient (Wildman–Crippen LogP) is 4.46. The van der Waals surface area contributed by atoms with E-state index in [-0.39, 0.29) is 5.91 Å². The van der Waals surface area contributed by atoms with E-state index in [1.807, 2.05) is 32.0 Å². The third-order valence-electron chi connectivity index (χ3n) is 7.14. The number of carboxylic acid groups (broad SMARTS) is 1. The number of hydrogen-bond donors (Lipinski definition) is 3. The maximum Gasteiger partial charge on any atom is 0.407 e. The number of aryl methyl sites for hydroxylation is 2. The molecule has 5 rings (SSSR count). The smallest absolute Gasteiger partial charge is 0.407 e. The molecule has 0 radical (unpaired) electrons. The van der Waals surface area contributed by atoms with E-state index in [2.05, 4.69) is 35.4 Å². The Morgan fingerprint density at radius 2 is 1.82 bits per heavy atom. The minimum atomic E-state index is -0.828. The molecular weight excluding hydrogens is 540 g/mol. The van der Waals surface area contributed by atoms with Crippen molar-refractivity contribution in [3.05, 3.63) is 51.7 Å². The van der Waals surface area contributed by atoms with Crippen molar-refractivity contribution in [3.8, 4) is 0 Å². The van der Waals surface area contributed by atoms with Crippen molar-refractivity contribution in [1.82, 2.24) is 24.8 Å². The summed E-state index contributed by atoms with van der Waals surface area (Å²) in [5.74, 6) is 1.82. The second-order valence-corrected chi connectivity index (χ2v) is 11.2. The van der Waals surface area contributed by atoms with Crippen LogP contribution in [0.4, 0.5) is 27.2 Å². The molecule has 1 aromatic carbocycles. The molecule has 2 aliphatic rings. The van der Waals surface area contributed by atoms with Crippen molar-refractivity contribution in [2.45, 2.75) is 32.7 Å². The number of aromatic nitrogens is 3. The number of amides is 2. The van der Waals surface area contributed by atoms with Crippen molar-refractivity contribution < 1.29 is 14.7 Å². The summed E-state index contributed by atoms with van der Waals surface area (Å²) >= 11 is 7.48. The van der Waals surface area contributed by atoms with Crippen LogP contribution in [0, 0.1) is 13.8 Å². The molecule has 2 saturated heterocycles. The fourth-order valence-corrected chi connectivity index (χ4v) is 6.02. The maximum absolute atomic E-state index is 12.8. The molecule has 0 saturated carbocycles. The van der Waals surface area contributed by atoms with E-state index in [0.29, 0.717) is 51.5 Å². The third-order valence-corrected chi connectivity index (χ3v) is 8.37. The van der Waals surface area contributed by atoms with Gasteiger partial charge in [-0.15, -0.1) is 0 Å². The van der Waals surface area contributed by atoms with E-state index in [1.165, 1.54) is 22.4 Å². The number of piperidine rings is 1. The molecule has 4 heterocycles. The van der Waals surface area contributed by atoms with Crippen molar-refractivity contribution >= 4 is 57.4 Å². The van der Waals surface area contributed by atoms with E-state index < -0.39 is 6.09 Å². The number of para-hydroxylation sites is 1. The highest BCUT2D eigenvalue weighted by Crippen LogP contribution is 2.29. The number of halogens is 1. The third kappa shape index (κ3) is 6.40. The number of thiazole rings is 1. The molecule has 11 nitrogen and oxygen atoms in total. The Labute approximate surface area is 235 Å². The summed E-state index contributed by atoms with van der Waals surface area (Å²) in [6, 6.07) is 7.80. The summed E-state index contributed by atoms with van der Waals surface area (Å²) in [4.78, 5) is 44.2. The Bertz CT molecular complexity index is 1330. The highest BCUT2D eigenvalue weighted by atomic mass is 35.5. The lowest BCUT2D eigenvalue weighted by atomic mass is 10.0. The van der Waals surface area contributed by atoms with Gasteiger partial charge >= 0.3 is 6.09 Å². The fraction of sp³-hybridized carbons (Fsp3) is 0.423. The number of hydrogen-bond acceptors (Lipinski definition) is 9. The van der Waals surface area contributed by atoms with Gasteiger partial charge in [-0.05, 0) is 38.3 Å². The first-order valence-corrected chi connectivity index (χ1v) is 14.1. The monoisotopic (exact) mass is 570 g/mol. The average molecular weight is 571 g/mol. The number of nitrogens with zero attached hydrogens (tertiary/aromatic N) is 6. The van der Waals surface area contributed by atoms with Crippen LogP contribution in [0.2, 0.25) is 5.02 Å². The predicted molar refractivity (Wildman–Crippen MR) is 153 cm³/mol. The first kappa shape index (κ1) is 27.1. The lowest BCUT2D eigenvalue weighted by Gasteiger charge is -2.42. The first-order valence-electron chi connectivity index (χ1n) is 12.9. The lowest BCUT2D eigenvalue weighted by molar-refractivity contribution is 0.0918. The van der Waals surface area contributed by atoms with Crippen molar-refractivity contribution in [1.29, 1.82) is 0 Å². The molecule has 3 N–H and O–H groups in total. The molecule has 0 unspecified atom stereocenters. The van der Waals surface area contributed by atoms with E-state index in [4.69, 9.17) is 11.6 Å². The molecule has 206 valence electrons. The summed E-state index contributed by atoms with van der Waals surface area (Å²) in [5.41, 5.74) is 1.47. The zero-order valence-electron chi connectivity index (χ0n) is 21.9. The highest BCUT2D eigenvalue weighted by molar-refractivity contribution is 7.17. The molecule has 2 amide bonds. The average Bonchev–Trinajstić information content (AvgIpc) is 3.39. The molecule has 0 spiro atoms. The molecule has 3 aromatic rings. The van der Waals surface area contributed by atoms with E-state index in [1.54, 1.807) is 6.07 Å². The maximum atomic E-state index is 12.8. The zero-order valence-corrected chi connectivity index (χ0v) is 23.4. The first-order chi connectivity index (χ1) is 18.8. The number of carbonyl (C=O) groups is 2. The Balaban J connectivity index is 1.19. The molecule has 2 aliphatic heterocycles. The summed E-state index contributed by atoms with van der Waals surface area (Å²) in [6.45, 7) is 8.41. The van der Waals surface area contributed by atoms with Gasteiger partial charge in [0.15, 0.2) is 5.13 Å². The van der Waals surface area contributed by atoms with E-state index >= 15 is 0 Å². The fourth-order valence-electron chi connectivity index (χ4n) is 5.03. The lowest BCUT2D eigenvalue weighted by Crippen LogP contribution is -2.53. The number of anilines is 4. The number of rotatable bonds is 6. The number of piperazine rings is 1. The van der Waals surface area contributed by atoms with E-state index in [9.17, 15) is 14.7 Å². The van der Waals surface area contributed by atoms with Crippen LogP contribution in [0.1, 0.15) is 33.9 Å². The van der Waals surface area contributed by atoms with Crippen LogP contribution in [0.25, 0.3) is 0 Å². The molecule has 13 heteroatoms. The largest absolute Gasteiger partial charge is 0.465 e. The zero-order chi connectivity index (χ0) is 27.5. The molecule has 0 aliphatic carbocycles. The Morgan fingerprint density at radius 1 is 1.08 bits per heavy atom. The molecule has 2 fully saturated rings. The van der Waals surface area contributed by atoms with Gasteiger partial charge in [0.25, 0.3) is 5.91 Å². The number of likely N-dealkylation sites (tertiary alicyclic amines) is 1. The standard InChI is InChI=1S/C26H31ClN8O3S/c1-16-4-3-5-19(27)23(16)32-24(36)20-15-28-25(39-20)31-21-14-22(30-17(2)29-21)34-12-10-33(11-13-34)18-6-8-35(9-7-18)26(37)38/h3-5,14-15,18H,6-13H2,1-2H3,(H,32,36)(H,37,38)(H,28,29,30,31). The number of benzene rings is 1. The van der Waals surface area contributed by atoms with Crippen LogP contribution in [-0.2, 0) is 0 Å².